The first-order valence-corrected chi connectivity index (χ1v) is 10.3. The van der Waals surface area contributed by atoms with Gasteiger partial charge in [-0.1, -0.05) is 26.8 Å². The maximum Gasteiger partial charge on any atom is 0.250 e. The molecule has 0 N–H and O–H groups in total. The van der Waals surface area contributed by atoms with E-state index in [0.717, 1.165) is 16.7 Å². The van der Waals surface area contributed by atoms with E-state index >= 15 is 0 Å². The molecule has 0 bridgehead atoms. The van der Waals surface area contributed by atoms with E-state index in [0.29, 0.717) is 18.7 Å². The first-order chi connectivity index (χ1) is 12.5. The van der Waals surface area contributed by atoms with Crippen LogP contribution < -0.4 is 10.3 Å². The predicted octanol–water partition coefficient (Wildman–Crippen LogP) is 2.44. The van der Waals surface area contributed by atoms with E-state index in [4.69, 9.17) is 4.74 Å². The molecule has 146 valence electrons. The minimum atomic E-state index is -3.73. The van der Waals surface area contributed by atoms with Crippen LogP contribution in [0.15, 0.2) is 40.2 Å². The van der Waals surface area contributed by atoms with Gasteiger partial charge in [0.1, 0.15) is 10.6 Å². The molecule has 6 nitrogen and oxygen atoms in total. The van der Waals surface area contributed by atoms with Crippen LogP contribution in [-0.4, -0.2) is 30.9 Å². The van der Waals surface area contributed by atoms with Crippen molar-refractivity contribution < 1.29 is 13.2 Å². The van der Waals surface area contributed by atoms with E-state index in [1.165, 1.54) is 16.0 Å². The SMILES string of the molecule is COc1ccc(C(C)(C)C)cc1S(=O)(=O)N1CCc2cc(=O)n(C)cc2C1. The van der Waals surface area contributed by atoms with E-state index in [1.54, 1.807) is 31.4 Å². The van der Waals surface area contributed by atoms with Crippen LogP contribution in [-0.2, 0) is 35.5 Å². The molecule has 1 aliphatic rings. The average Bonchev–Trinajstić information content (AvgIpc) is 2.61. The zero-order chi connectivity index (χ0) is 20.0. The van der Waals surface area contributed by atoms with Gasteiger partial charge in [0.05, 0.1) is 7.11 Å². The molecular formula is C20H26N2O4S. The molecule has 1 aromatic carbocycles. The molecule has 2 aromatic rings. The molecule has 0 saturated heterocycles. The zero-order valence-electron chi connectivity index (χ0n) is 16.4. The van der Waals surface area contributed by atoms with Crippen molar-refractivity contribution >= 4 is 10.0 Å². The molecule has 0 fully saturated rings. The largest absolute Gasteiger partial charge is 0.495 e. The number of nitrogens with zero attached hydrogens (tertiary/aromatic N) is 2. The summed E-state index contributed by atoms with van der Waals surface area (Å²) in [6, 6.07) is 6.93. The van der Waals surface area contributed by atoms with Crippen LogP contribution in [0.25, 0.3) is 0 Å². The van der Waals surface area contributed by atoms with Gasteiger partial charge in [-0.2, -0.15) is 4.31 Å². The van der Waals surface area contributed by atoms with Crippen LogP contribution in [0, 0.1) is 0 Å². The summed E-state index contributed by atoms with van der Waals surface area (Å²) in [5.41, 5.74) is 2.45. The predicted molar refractivity (Wildman–Crippen MR) is 105 cm³/mol. The van der Waals surface area contributed by atoms with E-state index in [9.17, 15) is 13.2 Å². The average molecular weight is 391 g/mol. The van der Waals surface area contributed by atoms with Gasteiger partial charge < -0.3 is 9.30 Å². The number of rotatable bonds is 3. The number of benzene rings is 1. The Morgan fingerprint density at radius 3 is 2.44 bits per heavy atom. The molecular weight excluding hydrogens is 364 g/mol. The lowest BCUT2D eigenvalue weighted by molar-refractivity contribution is 0.376. The molecule has 2 heterocycles. The fourth-order valence-corrected chi connectivity index (χ4v) is 4.90. The van der Waals surface area contributed by atoms with Crippen LogP contribution in [0.4, 0.5) is 0 Å². The number of ether oxygens (including phenoxy) is 1. The van der Waals surface area contributed by atoms with Gasteiger partial charge in [-0.05, 0) is 40.7 Å². The Morgan fingerprint density at radius 1 is 1.11 bits per heavy atom. The van der Waals surface area contributed by atoms with Gasteiger partial charge in [-0.25, -0.2) is 8.42 Å². The Morgan fingerprint density at radius 2 is 1.81 bits per heavy atom. The third-order valence-corrected chi connectivity index (χ3v) is 6.90. The van der Waals surface area contributed by atoms with Gasteiger partial charge in [0.25, 0.3) is 5.56 Å². The maximum absolute atomic E-state index is 13.4. The lowest BCUT2D eigenvalue weighted by Crippen LogP contribution is -2.37. The van der Waals surface area contributed by atoms with Gasteiger partial charge in [0.15, 0.2) is 0 Å². The Hall–Kier alpha value is -2.12. The Labute approximate surface area is 160 Å². The Balaban J connectivity index is 2.04. The normalized spacial score (nSPS) is 15.4. The van der Waals surface area contributed by atoms with E-state index in [-0.39, 0.29) is 22.4 Å². The van der Waals surface area contributed by atoms with Crippen molar-refractivity contribution in [2.24, 2.45) is 7.05 Å². The van der Waals surface area contributed by atoms with Gasteiger partial charge in [-0.15, -0.1) is 0 Å². The van der Waals surface area contributed by atoms with E-state index < -0.39 is 10.0 Å². The van der Waals surface area contributed by atoms with E-state index in [2.05, 4.69) is 0 Å². The van der Waals surface area contributed by atoms with Crippen LogP contribution in [0.3, 0.4) is 0 Å². The zero-order valence-corrected chi connectivity index (χ0v) is 17.3. The van der Waals surface area contributed by atoms with Crippen LogP contribution >= 0.6 is 0 Å². The van der Waals surface area contributed by atoms with Gasteiger partial charge in [0, 0.05) is 32.4 Å². The Bertz CT molecular complexity index is 1030. The highest BCUT2D eigenvalue weighted by atomic mass is 32.2. The molecule has 0 amide bonds. The first kappa shape index (κ1) is 19.6. The number of pyridine rings is 1. The third-order valence-electron chi connectivity index (χ3n) is 5.03. The number of sulfonamides is 1. The fourth-order valence-electron chi connectivity index (χ4n) is 3.30. The molecule has 7 heteroatoms. The summed E-state index contributed by atoms with van der Waals surface area (Å²) in [4.78, 5) is 12.0. The van der Waals surface area contributed by atoms with E-state index in [1.807, 2.05) is 26.8 Å². The number of aryl methyl sites for hydroxylation is 1. The second-order valence-corrected chi connectivity index (χ2v) is 9.88. The topological polar surface area (TPSA) is 68.6 Å². The molecule has 0 aliphatic carbocycles. The molecule has 0 unspecified atom stereocenters. The standard InChI is InChI=1S/C20H26N2O4S/c1-20(2,3)16-6-7-17(26-5)18(11-16)27(24,25)22-9-8-14-10-19(23)21(4)12-15(14)13-22/h6-7,10-12H,8-9,13H2,1-5H3. The third kappa shape index (κ3) is 3.66. The van der Waals surface area contributed by atoms with Crippen molar-refractivity contribution in [1.29, 1.82) is 0 Å². The first-order valence-electron chi connectivity index (χ1n) is 8.91. The molecule has 3 rings (SSSR count). The summed E-state index contributed by atoms with van der Waals surface area (Å²) in [6.45, 7) is 6.72. The van der Waals surface area contributed by atoms with Crippen LogP contribution in [0.5, 0.6) is 5.75 Å². The second-order valence-electron chi connectivity index (χ2n) is 7.98. The van der Waals surface area contributed by atoms with Crippen molar-refractivity contribution in [2.75, 3.05) is 13.7 Å². The quantitative estimate of drug-likeness (QED) is 0.807. The van der Waals surface area contributed by atoms with Crippen LogP contribution in [0.2, 0.25) is 0 Å². The minimum Gasteiger partial charge on any atom is -0.495 e. The lowest BCUT2D eigenvalue weighted by atomic mass is 9.87. The summed E-state index contributed by atoms with van der Waals surface area (Å²) < 4.78 is 35.1. The fraction of sp³-hybridized carbons (Fsp3) is 0.450. The highest BCUT2D eigenvalue weighted by Gasteiger charge is 2.32. The van der Waals surface area contributed by atoms with Crippen LogP contribution in [0.1, 0.15) is 37.5 Å². The summed E-state index contributed by atoms with van der Waals surface area (Å²) >= 11 is 0. The summed E-state index contributed by atoms with van der Waals surface area (Å²) in [5, 5.41) is 0. The molecule has 0 saturated carbocycles. The molecule has 27 heavy (non-hydrogen) atoms. The summed E-state index contributed by atoms with van der Waals surface area (Å²) in [5.74, 6) is 0.342. The smallest absolute Gasteiger partial charge is 0.250 e. The number of aromatic nitrogens is 1. The van der Waals surface area contributed by atoms with Crippen molar-refractivity contribution in [3.63, 3.8) is 0 Å². The highest BCUT2D eigenvalue weighted by Crippen LogP contribution is 2.34. The number of methoxy groups -OCH3 is 1. The molecule has 1 aliphatic heterocycles. The highest BCUT2D eigenvalue weighted by molar-refractivity contribution is 7.89. The summed E-state index contributed by atoms with van der Waals surface area (Å²) in [6.07, 6.45) is 2.24. The number of fused-ring (bicyclic) bond motifs is 1. The molecule has 0 atom stereocenters. The molecule has 0 spiro atoms. The van der Waals surface area contributed by atoms with Crippen molar-refractivity contribution in [3.8, 4) is 5.75 Å². The lowest BCUT2D eigenvalue weighted by Gasteiger charge is -2.29. The maximum atomic E-state index is 13.4. The Kier molecular flexibility index (Phi) is 4.94. The van der Waals surface area contributed by atoms with Gasteiger partial charge >= 0.3 is 0 Å². The van der Waals surface area contributed by atoms with Crippen molar-refractivity contribution in [2.45, 2.75) is 44.0 Å². The number of hydrogen-bond acceptors (Lipinski definition) is 4. The van der Waals surface area contributed by atoms with Crippen molar-refractivity contribution in [1.82, 2.24) is 8.87 Å². The summed E-state index contributed by atoms with van der Waals surface area (Å²) in [7, 11) is -0.581. The van der Waals surface area contributed by atoms with Gasteiger partial charge in [0.2, 0.25) is 10.0 Å². The number of hydrogen-bond donors (Lipinski definition) is 0. The molecule has 1 aromatic heterocycles. The molecule has 0 radical (unpaired) electrons. The minimum absolute atomic E-state index is 0.0791. The monoisotopic (exact) mass is 390 g/mol. The van der Waals surface area contributed by atoms with Crippen molar-refractivity contribution in [3.05, 3.63) is 57.5 Å². The second kappa shape index (κ2) is 6.80. The van der Waals surface area contributed by atoms with Gasteiger partial charge in [-0.3, -0.25) is 4.79 Å².